The van der Waals surface area contributed by atoms with Gasteiger partial charge >= 0.3 is 0 Å². The molecule has 0 bridgehead atoms. The number of methoxy groups -OCH3 is 1. The largest absolute Gasteiger partial charge is 0.385 e. The van der Waals surface area contributed by atoms with Gasteiger partial charge in [-0.05, 0) is 19.8 Å². The minimum Gasteiger partial charge on any atom is -0.385 e. The van der Waals surface area contributed by atoms with Crippen molar-refractivity contribution in [3.8, 4) is 0 Å². The molecule has 0 aromatic rings. The minimum atomic E-state index is -0.173. The van der Waals surface area contributed by atoms with Crippen molar-refractivity contribution < 1.29 is 14.2 Å². The molecule has 0 radical (unpaired) electrons. The highest BCUT2D eigenvalue weighted by Crippen LogP contribution is 2.43. The summed E-state index contributed by atoms with van der Waals surface area (Å²) in [4.78, 5) is 0. The SMILES string of the molecule is C=C1CCO[C@@]2(C)[C@@H]1CO[C@@H]2CCOC. The number of ether oxygens (including phenoxy) is 3. The van der Waals surface area contributed by atoms with Crippen LogP contribution in [0.1, 0.15) is 19.8 Å². The van der Waals surface area contributed by atoms with Crippen molar-refractivity contribution in [3.63, 3.8) is 0 Å². The zero-order chi connectivity index (χ0) is 10.9. The molecule has 86 valence electrons. The topological polar surface area (TPSA) is 27.7 Å². The van der Waals surface area contributed by atoms with E-state index in [1.165, 1.54) is 5.57 Å². The lowest BCUT2D eigenvalue weighted by Gasteiger charge is -2.39. The Morgan fingerprint density at radius 2 is 2.40 bits per heavy atom. The lowest BCUT2D eigenvalue weighted by atomic mass is 9.79. The molecule has 2 aliphatic rings. The molecular weight excluding hydrogens is 192 g/mol. The Hall–Kier alpha value is -0.380. The highest BCUT2D eigenvalue weighted by Gasteiger charge is 2.51. The van der Waals surface area contributed by atoms with Crippen molar-refractivity contribution in [1.29, 1.82) is 0 Å². The van der Waals surface area contributed by atoms with Crippen LogP contribution in [0.5, 0.6) is 0 Å². The first-order valence-corrected chi connectivity index (χ1v) is 5.60. The van der Waals surface area contributed by atoms with Gasteiger partial charge in [0.2, 0.25) is 0 Å². The highest BCUT2D eigenvalue weighted by atomic mass is 16.6. The molecule has 2 rings (SSSR count). The first-order valence-electron chi connectivity index (χ1n) is 5.60. The van der Waals surface area contributed by atoms with Gasteiger partial charge in [0.25, 0.3) is 0 Å². The van der Waals surface area contributed by atoms with Gasteiger partial charge in [0.15, 0.2) is 0 Å². The second-order valence-electron chi connectivity index (χ2n) is 4.60. The molecule has 2 aliphatic heterocycles. The van der Waals surface area contributed by atoms with E-state index in [0.717, 1.165) is 32.7 Å². The van der Waals surface area contributed by atoms with E-state index in [-0.39, 0.29) is 11.7 Å². The van der Waals surface area contributed by atoms with Gasteiger partial charge in [0.1, 0.15) is 5.60 Å². The summed E-state index contributed by atoms with van der Waals surface area (Å²) in [6.45, 7) is 8.53. The zero-order valence-electron chi connectivity index (χ0n) is 9.62. The third kappa shape index (κ3) is 1.84. The minimum absolute atomic E-state index is 0.152. The molecule has 15 heavy (non-hydrogen) atoms. The fraction of sp³-hybridized carbons (Fsp3) is 0.833. The summed E-state index contributed by atoms with van der Waals surface area (Å²) in [5.41, 5.74) is 1.11. The van der Waals surface area contributed by atoms with Crippen molar-refractivity contribution >= 4 is 0 Å². The second-order valence-corrected chi connectivity index (χ2v) is 4.60. The van der Waals surface area contributed by atoms with Gasteiger partial charge in [-0.2, -0.15) is 0 Å². The zero-order valence-corrected chi connectivity index (χ0v) is 9.62. The quantitative estimate of drug-likeness (QED) is 0.667. The van der Waals surface area contributed by atoms with Crippen LogP contribution in [0.3, 0.4) is 0 Å². The van der Waals surface area contributed by atoms with Crippen molar-refractivity contribution in [2.24, 2.45) is 5.92 Å². The molecule has 0 saturated carbocycles. The highest BCUT2D eigenvalue weighted by molar-refractivity contribution is 5.16. The normalized spacial score (nSPS) is 40.5. The molecule has 3 nitrogen and oxygen atoms in total. The summed E-state index contributed by atoms with van der Waals surface area (Å²) in [6, 6.07) is 0. The van der Waals surface area contributed by atoms with Crippen LogP contribution in [0.25, 0.3) is 0 Å². The molecule has 0 N–H and O–H groups in total. The molecule has 2 saturated heterocycles. The lowest BCUT2D eigenvalue weighted by Crippen LogP contribution is -2.47. The fourth-order valence-electron chi connectivity index (χ4n) is 2.66. The second kappa shape index (κ2) is 4.24. The Morgan fingerprint density at radius 1 is 1.60 bits per heavy atom. The van der Waals surface area contributed by atoms with Crippen LogP contribution in [-0.4, -0.2) is 38.6 Å². The Balaban J connectivity index is 2.07. The molecule has 0 amide bonds. The standard InChI is InChI=1S/C12H20O3/c1-9-4-7-15-12(2)10(9)8-14-11(12)5-6-13-3/h10-11H,1,4-8H2,2-3H3/t10-,11-,12+/m1/s1. The third-order valence-electron chi connectivity index (χ3n) is 3.71. The molecule has 2 fully saturated rings. The summed E-state index contributed by atoms with van der Waals surface area (Å²) >= 11 is 0. The maximum absolute atomic E-state index is 5.93. The number of hydrogen-bond acceptors (Lipinski definition) is 3. The fourth-order valence-corrected chi connectivity index (χ4v) is 2.66. The van der Waals surface area contributed by atoms with Gasteiger partial charge < -0.3 is 14.2 Å². The lowest BCUT2D eigenvalue weighted by molar-refractivity contribution is -0.108. The smallest absolute Gasteiger partial charge is 0.100 e. The predicted molar refractivity (Wildman–Crippen MR) is 57.8 cm³/mol. The Labute approximate surface area is 91.4 Å². The summed E-state index contributed by atoms with van der Waals surface area (Å²) in [6.07, 6.45) is 2.02. The number of hydrogen-bond donors (Lipinski definition) is 0. The van der Waals surface area contributed by atoms with Gasteiger partial charge in [-0.25, -0.2) is 0 Å². The van der Waals surface area contributed by atoms with Gasteiger partial charge in [-0.15, -0.1) is 0 Å². The van der Waals surface area contributed by atoms with Gasteiger partial charge in [0.05, 0.1) is 19.3 Å². The van der Waals surface area contributed by atoms with Gasteiger partial charge in [0, 0.05) is 19.6 Å². The predicted octanol–water partition coefficient (Wildman–Crippen LogP) is 1.77. The van der Waals surface area contributed by atoms with Gasteiger partial charge in [-0.1, -0.05) is 12.2 Å². The molecule has 3 atom stereocenters. The summed E-state index contributed by atoms with van der Waals surface area (Å²) in [5, 5.41) is 0. The third-order valence-corrected chi connectivity index (χ3v) is 3.71. The van der Waals surface area contributed by atoms with Crippen LogP contribution < -0.4 is 0 Å². The van der Waals surface area contributed by atoms with Crippen LogP contribution in [0.4, 0.5) is 0 Å². The monoisotopic (exact) mass is 212 g/mol. The molecule has 0 spiro atoms. The van der Waals surface area contributed by atoms with E-state index >= 15 is 0 Å². The molecule has 3 heteroatoms. The molecular formula is C12H20O3. The van der Waals surface area contributed by atoms with Crippen LogP contribution >= 0.6 is 0 Å². The van der Waals surface area contributed by atoms with E-state index in [2.05, 4.69) is 13.5 Å². The summed E-state index contributed by atoms with van der Waals surface area (Å²) in [5.74, 6) is 0.369. The molecule has 0 aromatic carbocycles. The molecule has 2 heterocycles. The Kier molecular flexibility index (Phi) is 3.14. The maximum atomic E-state index is 5.93. The first kappa shape index (κ1) is 11.1. The summed E-state index contributed by atoms with van der Waals surface area (Å²) < 4.78 is 16.8. The van der Waals surface area contributed by atoms with Crippen LogP contribution in [0.2, 0.25) is 0 Å². The van der Waals surface area contributed by atoms with Crippen molar-refractivity contribution in [2.75, 3.05) is 26.9 Å². The van der Waals surface area contributed by atoms with Crippen LogP contribution in [0.15, 0.2) is 12.2 Å². The molecule has 0 unspecified atom stereocenters. The van der Waals surface area contributed by atoms with Crippen molar-refractivity contribution in [1.82, 2.24) is 0 Å². The van der Waals surface area contributed by atoms with Crippen molar-refractivity contribution in [3.05, 3.63) is 12.2 Å². The van der Waals surface area contributed by atoms with Gasteiger partial charge in [-0.3, -0.25) is 0 Å². The number of rotatable bonds is 3. The van der Waals surface area contributed by atoms with E-state index in [0.29, 0.717) is 5.92 Å². The average molecular weight is 212 g/mol. The van der Waals surface area contributed by atoms with E-state index < -0.39 is 0 Å². The van der Waals surface area contributed by atoms with Crippen LogP contribution in [-0.2, 0) is 14.2 Å². The van der Waals surface area contributed by atoms with E-state index in [4.69, 9.17) is 14.2 Å². The maximum Gasteiger partial charge on any atom is 0.100 e. The first-order chi connectivity index (χ1) is 7.18. The molecule has 0 aromatic heterocycles. The molecule has 0 aliphatic carbocycles. The van der Waals surface area contributed by atoms with Crippen LogP contribution in [0, 0.1) is 5.92 Å². The summed E-state index contributed by atoms with van der Waals surface area (Å²) in [7, 11) is 1.72. The average Bonchev–Trinajstić information content (AvgIpc) is 2.54. The number of fused-ring (bicyclic) bond motifs is 1. The van der Waals surface area contributed by atoms with E-state index in [1.54, 1.807) is 7.11 Å². The van der Waals surface area contributed by atoms with E-state index in [9.17, 15) is 0 Å². The van der Waals surface area contributed by atoms with Crippen molar-refractivity contribution in [2.45, 2.75) is 31.5 Å². The Morgan fingerprint density at radius 3 is 3.13 bits per heavy atom. The van der Waals surface area contributed by atoms with E-state index in [1.807, 2.05) is 0 Å². The Bertz CT molecular complexity index is 251.